The molecule has 1 aliphatic heterocycles. The second-order valence-corrected chi connectivity index (χ2v) is 7.75. The minimum Gasteiger partial charge on any atom is -0.480 e. The molecule has 13 heteroatoms. The van der Waals surface area contributed by atoms with Gasteiger partial charge in [-0.1, -0.05) is 13.8 Å². The molecule has 0 radical (unpaired) electrons. The number of rotatable bonds is 10. The summed E-state index contributed by atoms with van der Waals surface area (Å²) in [6.45, 7) is 2.40. The van der Waals surface area contributed by atoms with E-state index in [2.05, 4.69) is 16.0 Å². The van der Waals surface area contributed by atoms with Crippen molar-refractivity contribution >= 4 is 23.3 Å². The molecular weight excluding hydrogens is 418 g/mol. The van der Waals surface area contributed by atoms with Crippen molar-refractivity contribution in [1.82, 2.24) is 5.32 Å². The van der Waals surface area contributed by atoms with E-state index in [0.717, 1.165) is 0 Å². The number of carbonyl (C=O) groups excluding carboxylic acids is 1. The van der Waals surface area contributed by atoms with Crippen molar-refractivity contribution in [3.63, 3.8) is 0 Å². The lowest BCUT2D eigenvalue weighted by atomic mass is 9.96. The summed E-state index contributed by atoms with van der Waals surface area (Å²) >= 11 is 0. The van der Waals surface area contributed by atoms with Crippen molar-refractivity contribution in [3.05, 3.63) is 20.4 Å². The molecule has 0 aromatic heterocycles. The van der Waals surface area contributed by atoms with Crippen molar-refractivity contribution in [1.29, 1.82) is 0 Å². The second kappa shape index (κ2) is 10.2. The van der Waals surface area contributed by atoms with Crippen LogP contribution in [0.2, 0.25) is 0 Å². The SMILES string of the molecule is CC(C)C[C@H](NC(=O)CNc1c(N[C@H]2C(O)O[C@H](CO)[C@H](O)[C@@H]2O)c(=O)c1=O)C(=O)O. The van der Waals surface area contributed by atoms with Crippen molar-refractivity contribution < 1.29 is 39.9 Å². The Balaban J connectivity index is 2.04. The van der Waals surface area contributed by atoms with Gasteiger partial charge in [0.05, 0.1) is 13.2 Å². The first kappa shape index (κ1) is 24.7. The number of amides is 1. The Labute approximate surface area is 176 Å². The fraction of sp³-hybridized carbons (Fsp3) is 0.667. The van der Waals surface area contributed by atoms with Crippen LogP contribution in [0.25, 0.3) is 0 Å². The molecule has 1 fully saturated rings. The topological polar surface area (TPSA) is 215 Å². The Hall–Kier alpha value is -2.58. The van der Waals surface area contributed by atoms with Gasteiger partial charge in [-0.05, 0) is 12.3 Å². The zero-order valence-corrected chi connectivity index (χ0v) is 16.9. The lowest BCUT2D eigenvalue weighted by Gasteiger charge is -2.40. The molecule has 1 heterocycles. The third-order valence-electron chi connectivity index (χ3n) is 4.89. The standard InChI is InChI=1S/C18H27N3O10/c1-6(2)3-7(17(28)29)20-9(23)4-19-10-11(15(26)14(10)25)21-12-16(27)13(24)8(5-22)31-18(12)30/h6-8,12-13,16,18-19,21-22,24,27,30H,3-5H2,1-2H3,(H,20,23)(H,28,29)/t7-,8+,12+,13-,16+,18?/m0/s1. The van der Waals surface area contributed by atoms with Gasteiger partial charge in [-0.2, -0.15) is 0 Å². The number of carboxylic acid groups (broad SMARTS) is 1. The highest BCUT2D eigenvalue weighted by molar-refractivity contribution is 5.87. The minimum atomic E-state index is -1.72. The number of hydrogen-bond acceptors (Lipinski definition) is 11. The highest BCUT2D eigenvalue weighted by Gasteiger charge is 2.44. The monoisotopic (exact) mass is 445 g/mol. The van der Waals surface area contributed by atoms with Crippen LogP contribution in [0, 0.1) is 5.92 Å². The van der Waals surface area contributed by atoms with E-state index in [1.165, 1.54) is 0 Å². The average Bonchev–Trinajstić information content (AvgIpc) is 2.70. The normalized spacial score (nSPS) is 27.1. The molecule has 0 spiro atoms. The smallest absolute Gasteiger partial charge is 0.326 e. The zero-order valence-electron chi connectivity index (χ0n) is 16.9. The van der Waals surface area contributed by atoms with E-state index in [0.29, 0.717) is 0 Å². The lowest BCUT2D eigenvalue weighted by Crippen LogP contribution is -2.62. The Bertz CT molecular complexity index is 865. The molecule has 13 nitrogen and oxygen atoms in total. The number of aliphatic hydroxyl groups is 4. The van der Waals surface area contributed by atoms with Crippen LogP contribution < -0.4 is 26.8 Å². The van der Waals surface area contributed by atoms with Gasteiger partial charge in [0.25, 0.3) is 10.9 Å². The summed E-state index contributed by atoms with van der Waals surface area (Å²) in [5.41, 5.74) is -2.57. The minimum absolute atomic E-state index is 0.00931. The van der Waals surface area contributed by atoms with Crippen LogP contribution in [0.15, 0.2) is 9.59 Å². The number of nitrogens with one attached hydrogen (secondary N) is 3. The first-order valence-corrected chi connectivity index (χ1v) is 9.64. The molecule has 0 bridgehead atoms. The van der Waals surface area contributed by atoms with Gasteiger partial charge in [0.15, 0.2) is 6.29 Å². The quantitative estimate of drug-likeness (QED) is 0.165. The Morgan fingerprint density at radius 2 is 1.68 bits per heavy atom. The predicted molar refractivity (Wildman–Crippen MR) is 106 cm³/mol. The van der Waals surface area contributed by atoms with Crippen LogP contribution in [-0.4, -0.2) is 87.2 Å². The molecule has 8 N–H and O–H groups in total. The summed E-state index contributed by atoms with van der Waals surface area (Å²) in [6.07, 6.45) is -5.99. The number of hydrogen-bond donors (Lipinski definition) is 8. The van der Waals surface area contributed by atoms with Crippen molar-refractivity contribution in [2.24, 2.45) is 5.92 Å². The van der Waals surface area contributed by atoms with Crippen LogP contribution in [0.1, 0.15) is 20.3 Å². The molecule has 1 aromatic rings. The highest BCUT2D eigenvalue weighted by Crippen LogP contribution is 2.24. The number of aliphatic hydroxyl groups excluding tert-OH is 4. The van der Waals surface area contributed by atoms with Crippen LogP contribution >= 0.6 is 0 Å². The number of ether oxygens (including phenoxy) is 1. The van der Waals surface area contributed by atoms with Gasteiger partial charge < -0.3 is 46.2 Å². The summed E-state index contributed by atoms with van der Waals surface area (Å²) in [6, 6.07) is -2.52. The third-order valence-corrected chi connectivity index (χ3v) is 4.89. The van der Waals surface area contributed by atoms with E-state index in [9.17, 15) is 34.5 Å². The summed E-state index contributed by atoms with van der Waals surface area (Å²) < 4.78 is 4.97. The molecule has 1 unspecified atom stereocenters. The summed E-state index contributed by atoms with van der Waals surface area (Å²) in [5.74, 6) is -1.93. The van der Waals surface area contributed by atoms with E-state index in [1.807, 2.05) is 0 Å². The zero-order chi connectivity index (χ0) is 23.5. The molecular formula is C18H27N3O10. The van der Waals surface area contributed by atoms with Crippen LogP contribution in [-0.2, 0) is 14.3 Å². The van der Waals surface area contributed by atoms with Crippen molar-refractivity contribution in [2.75, 3.05) is 23.8 Å². The highest BCUT2D eigenvalue weighted by atomic mass is 16.6. The molecule has 31 heavy (non-hydrogen) atoms. The van der Waals surface area contributed by atoms with E-state index in [1.54, 1.807) is 13.8 Å². The van der Waals surface area contributed by atoms with Crippen molar-refractivity contribution in [2.45, 2.75) is 57.0 Å². The summed E-state index contributed by atoms with van der Waals surface area (Å²) in [7, 11) is 0. The Morgan fingerprint density at radius 3 is 2.23 bits per heavy atom. The molecule has 0 saturated carbocycles. The van der Waals surface area contributed by atoms with Gasteiger partial charge in [-0.15, -0.1) is 0 Å². The van der Waals surface area contributed by atoms with E-state index >= 15 is 0 Å². The number of carboxylic acids is 1. The van der Waals surface area contributed by atoms with E-state index in [-0.39, 0.29) is 23.7 Å². The molecule has 2 rings (SSSR count). The molecule has 1 aliphatic rings. The number of aliphatic carboxylic acids is 1. The average molecular weight is 445 g/mol. The van der Waals surface area contributed by atoms with Gasteiger partial charge in [0.2, 0.25) is 5.91 Å². The van der Waals surface area contributed by atoms with Crippen LogP contribution in [0.4, 0.5) is 11.4 Å². The maximum absolute atomic E-state index is 12.1. The lowest BCUT2D eigenvalue weighted by molar-refractivity contribution is -0.245. The van der Waals surface area contributed by atoms with Gasteiger partial charge in [-0.3, -0.25) is 14.4 Å². The molecule has 1 saturated heterocycles. The van der Waals surface area contributed by atoms with E-state index < -0.39 is 72.6 Å². The largest absolute Gasteiger partial charge is 0.480 e. The Kier molecular flexibility index (Phi) is 8.08. The first-order chi connectivity index (χ1) is 14.5. The second-order valence-electron chi connectivity index (χ2n) is 7.75. The maximum atomic E-state index is 12.1. The van der Waals surface area contributed by atoms with E-state index in [4.69, 9.17) is 14.9 Å². The third kappa shape index (κ3) is 5.57. The van der Waals surface area contributed by atoms with Gasteiger partial charge in [0.1, 0.15) is 41.8 Å². The van der Waals surface area contributed by atoms with Gasteiger partial charge in [0, 0.05) is 0 Å². The van der Waals surface area contributed by atoms with Gasteiger partial charge in [-0.25, -0.2) is 4.79 Å². The summed E-state index contributed by atoms with van der Waals surface area (Å²) in [4.78, 5) is 47.0. The molecule has 174 valence electrons. The molecule has 1 aromatic carbocycles. The first-order valence-electron chi connectivity index (χ1n) is 9.64. The van der Waals surface area contributed by atoms with Crippen LogP contribution in [0.5, 0.6) is 0 Å². The van der Waals surface area contributed by atoms with Gasteiger partial charge >= 0.3 is 5.97 Å². The fourth-order valence-corrected chi connectivity index (χ4v) is 3.22. The Morgan fingerprint density at radius 1 is 1.06 bits per heavy atom. The maximum Gasteiger partial charge on any atom is 0.326 e. The molecule has 0 aliphatic carbocycles. The molecule has 1 amide bonds. The molecule has 6 atom stereocenters. The summed E-state index contributed by atoms with van der Waals surface area (Å²) in [5, 5.41) is 55.4. The number of anilines is 2. The van der Waals surface area contributed by atoms with Crippen molar-refractivity contribution in [3.8, 4) is 0 Å². The predicted octanol–water partition coefficient (Wildman–Crippen LogP) is -3.48. The fourth-order valence-electron chi connectivity index (χ4n) is 3.22. The number of carbonyl (C=O) groups is 2. The van der Waals surface area contributed by atoms with Crippen LogP contribution in [0.3, 0.4) is 0 Å².